The van der Waals surface area contributed by atoms with Gasteiger partial charge in [0.1, 0.15) is 5.75 Å². The molecule has 0 saturated carbocycles. The minimum atomic E-state index is 0.539. The zero-order valence-corrected chi connectivity index (χ0v) is 13.9. The van der Waals surface area contributed by atoms with Gasteiger partial charge in [0.05, 0.1) is 12.8 Å². The van der Waals surface area contributed by atoms with Crippen molar-refractivity contribution in [3.63, 3.8) is 0 Å². The van der Waals surface area contributed by atoms with Crippen LogP contribution in [0.1, 0.15) is 5.56 Å². The van der Waals surface area contributed by atoms with E-state index < -0.39 is 0 Å². The molecule has 0 aliphatic carbocycles. The molecule has 0 bridgehead atoms. The van der Waals surface area contributed by atoms with Crippen LogP contribution in [0.3, 0.4) is 0 Å². The van der Waals surface area contributed by atoms with Gasteiger partial charge in [-0.15, -0.1) is 11.8 Å². The zero-order valence-electron chi connectivity index (χ0n) is 12.3. The minimum Gasteiger partial charge on any atom is -0.495 e. The van der Waals surface area contributed by atoms with E-state index in [1.807, 2.05) is 43.5 Å². The maximum absolute atomic E-state index is 5.36. The van der Waals surface area contributed by atoms with Gasteiger partial charge >= 0.3 is 0 Å². The van der Waals surface area contributed by atoms with Crippen molar-refractivity contribution in [2.45, 2.75) is 11.8 Å². The predicted octanol–water partition coefficient (Wildman–Crippen LogP) is 4.53. The normalized spacial score (nSPS) is 10.0. The summed E-state index contributed by atoms with van der Waals surface area (Å²) in [6.45, 7) is 2.03. The second kappa shape index (κ2) is 7.33. The van der Waals surface area contributed by atoms with Gasteiger partial charge in [-0.05, 0) is 61.3 Å². The number of hydrogen-bond donors (Lipinski definition) is 2. The Morgan fingerprint density at radius 2 is 1.95 bits per heavy atom. The van der Waals surface area contributed by atoms with Gasteiger partial charge in [0.25, 0.3) is 0 Å². The summed E-state index contributed by atoms with van der Waals surface area (Å²) in [5.41, 5.74) is 2.97. The molecular formula is C16H18N2OS2. The average molecular weight is 318 g/mol. The molecule has 0 atom stereocenters. The summed E-state index contributed by atoms with van der Waals surface area (Å²) in [5.74, 6) is 0.766. The van der Waals surface area contributed by atoms with Crippen LogP contribution in [0, 0.1) is 6.92 Å². The molecule has 0 unspecified atom stereocenters. The molecule has 5 heteroatoms. The number of anilines is 2. The van der Waals surface area contributed by atoms with Crippen molar-refractivity contribution < 1.29 is 4.74 Å². The van der Waals surface area contributed by atoms with E-state index in [0.717, 1.165) is 22.7 Å². The van der Waals surface area contributed by atoms with E-state index >= 15 is 0 Å². The maximum atomic E-state index is 5.36. The van der Waals surface area contributed by atoms with Crippen LogP contribution >= 0.6 is 24.0 Å². The highest BCUT2D eigenvalue weighted by atomic mass is 32.2. The number of aryl methyl sites for hydroxylation is 1. The third-order valence-electron chi connectivity index (χ3n) is 2.93. The van der Waals surface area contributed by atoms with Gasteiger partial charge in [-0.25, -0.2) is 0 Å². The van der Waals surface area contributed by atoms with Crippen molar-refractivity contribution >= 4 is 40.5 Å². The lowest BCUT2D eigenvalue weighted by atomic mass is 10.2. The van der Waals surface area contributed by atoms with E-state index in [2.05, 4.69) is 22.8 Å². The standard InChI is InChI=1S/C16H18N2OS2/c1-11-7-8-15(19-2)14(9-11)18-16(20)17-12-5-4-6-13(10-12)21-3/h4-10H,1-3H3,(H2,17,18,20). The molecule has 0 spiro atoms. The summed E-state index contributed by atoms with van der Waals surface area (Å²) < 4.78 is 5.33. The van der Waals surface area contributed by atoms with Crippen molar-refractivity contribution in [3.8, 4) is 5.75 Å². The number of nitrogens with one attached hydrogen (secondary N) is 2. The highest BCUT2D eigenvalue weighted by Gasteiger charge is 2.05. The summed E-state index contributed by atoms with van der Waals surface area (Å²) in [7, 11) is 1.65. The number of thiocarbonyl (C=S) groups is 1. The molecule has 3 nitrogen and oxygen atoms in total. The van der Waals surface area contributed by atoms with Crippen LogP contribution in [0.15, 0.2) is 47.4 Å². The minimum absolute atomic E-state index is 0.539. The Hall–Kier alpha value is -1.72. The SMILES string of the molecule is COc1ccc(C)cc1NC(=S)Nc1cccc(SC)c1. The molecule has 0 aliphatic heterocycles. The van der Waals surface area contributed by atoms with E-state index in [4.69, 9.17) is 17.0 Å². The Morgan fingerprint density at radius 3 is 2.67 bits per heavy atom. The molecule has 0 amide bonds. The first-order chi connectivity index (χ1) is 10.1. The largest absolute Gasteiger partial charge is 0.495 e. The van der Waals surface area contributed by atoms with Gasteiger partial charge < -0.3 is 15.4 Å². The van der Waals surface area contributed by atoms with Crippen LogP contribution in [0.2, 0.25) is 0 Å². The Kier molecular flexibility index (Phi) is 5.47. The lowest BCUT2D eigenvalue weighted by molar-refractivity contribution is 0.417. The van der Waals surface area contributed by atoms with Crippen molar-refractivity contribution in [3.05, 3.63) is 48.0 Å². The van der Waals surface area contributed by atoms with Gasteiger partial charge in [-0.1, -0.05) is 12.1 Å². The number of hydrogen-bond acceptors (Lipinski definition) is 3. The first-order valence-electron chi connectivity index (χ1n) is 6.49. The lowest BCUT2D eigenvalue weighted by Crippen LogP contribution is -2.19. The fraction of sp³-hybridized carbons (Fsp3) is 0.188. The summed E-state index contributed by atoms with van der Waals surface area (Å²) in [4.78, 5) is 1.19. The topological polar surface area (TPSA) is 33.3 Å². The van der Waals surface area contributed by atoms with E-state index in [1.165, 1.54) is 4.90 Å². The van der Waals surface area contributed by atoms with Crippen molar-refractivity contribution in [2.24, 2.45) is 0 Å². The third kappa shape index (κ3) is 4.37. The summed E-state index contributed by atoms with van der Waals surface area (Å²) in [6.07, 6.45) is 2.05. The molecule has 0 fully saturated rings. The molecule has 0 saturated heterocycles. The molecule has 2 aromatic carbocycles. The molecule has 21 heavy (non-hydrogen) atoms. The number of benzene rings is 2. The van der Waals surface area contributed by atoms with Gasteiger partial charge in [-0.2, -0.15) is 0 Å². The molecule has 0 heterocycles. The lowest BCUT2D eigenvalue weighted by Gasteiger charge is -2.14. The molecule has 0 radical (unpaired) electrons. The fourth-order valence-corrected chi connectivity index (χ4v) is 2.59. The number of rotatable bonds is 4. The fourth-order valence-electron chi connectivity index (χ4n) is 1.90. The molecular weight excluding hydrogens is 300 g/mol. The molecule has 2 rings (SSSR count). The highest BCUT2D eigenvalue weighted by Crippen LogP contribution is 2.25. The van der Waals surface area contributed by atoms with Crippen LogP contribution in [-0.4, -0.2) is 18.5 Å². The van der Waals surface area contributed by atoms with Crippen LogP contribution in [0.4, 0.5) is 11.4 Å². The van der Waals surface area contributed by atoms with Crippen LogP contribution in [0.25, 0.3) is 0 Å². The first-order valence-corrected chi connectivity index (χ1v) is 8.12. The molecule has 2 aromatic rings. The molecule has 0 aliphatic rings. The Labute approximate surface area is 135 Å². The third-order valence-corrected chi connectivity index (χ3v) is 3.86. The Bertz CT molecular complexity index is 644. The predicted molar refractivity (Wildman–Crippen MR) is 95.8 cm³/mol. The number of methoxy groups -OCH3 is 1. The molecule has 2 N–H and O–H groups in total. The van der Waals surface area contributed by atoms with Crippen molar-refractivity contribution in [1.29, 1.82) is 0 Å². The van der Waals surface area contributed by atoms with Gasteiger partial charge in [-0.3, -0.25) is 0 Å². The Morgan fingerprint density at radius 1 is 1.14 bits per heavy atom. The van der Waals surface area contributed by atoms with E-state index in [0.29, 0.717) is 5.11 Å². The van der Waals surface area contributed by atoms with Crippen molar-refractivity contribution in [1.82, 2.24) is 0 Å². The summed E-state index contributed by atoms with van der Waals surface area (Å²) in [5, 5.41) is 6.90. The Balaban J connectivity index is 2.09. The van der Waals surface area contributed by atoms with Crippen LogP contribution in [-0.2, 0) is 0 Å². The summed E-state index contributed by atoms with van der Waals surface area (Å²) >= 11 is 7.06. The van der Waals surface area contributed by atoms with E-state index in [1.54, 1.807) is 18.9 Å². The van der Waals surface area contributed by atoms with Crippen LogP contribution in [0.5, 0.6) is 5.75 Å². The quantitative estimate of drug-likeness (QED) is 0.639. The second-order valence-corrected chi connectivity index (χ2v) is 5.80. The second-order valence-electron chi connectivity index (χ2n) is 4.51. The highest BCUT2D eigenvalue weighted by molar-refractivity contribution is 7.98. The average Bonchev–Trinajstić information content (AvgIpc) is 2.47. The summed E-state index contributed by atoms with van der Waals surface area (Å²) in [6, 6.07) is 14.1. The van der Waals surface area contributed by atoms with Crippen LogP contribution < -0.4 is 15.4 Å². The number of ether oxygens (including phenoxy) is 1. The van der Waals surface area contributed by atoms with Gasteiger partial charge in [0.15, 0.2) is 5.11 Å². The van der Waals surface area contributed by atoms with E-state index in [9.17, 15) is 0 Å². The zero-order chi connectivity index (χ0) is 15.2. The van der Waals surface area contributed by atoms with Crippen molar-refractivity contribution in [2.75, 3.05) is 24.0 Å². The van der Waals surface area contributed by atoms with Gasteiger partial charge in [0.2, 0.25) is 0 Å². The van der Waals surface area contributed by atoms with Gasteiger partial charge in [0, 0.05) is 10.6 Å². The molecule has 0 aromatic heterocycles. The number of thioether (sulfide) groups is 1. The smallest absolute Gasteiger partial charge is 0.175 e. The maximum Gasteiger partial charge on any atom is 0.175 e. The molecule has 110 valence electrons. The first kappa shape index (κ1) is 15.7. The van der Waals surface area contributed by atoms with E-state index in [-0.39, 0.29) is 0 Å². The monoisotopic (exact) mass is 318 g/mol.